The van der Waals surface area contributed by atoms with Gasteiger partial charge in [-0.15, -0.1) is 0 Å². The molecule has 3 aromatic rings. The lowest BCUT2D eigenvalue weighted by molar-refractivity contribution is 0.0605. The first kappa shape index (κ1) is 25.2. The number of carbonyl (C=O) groups is 2. The number of pyridine rings is 1. The van der Waals surface area contributed by atoms with Crippen molar-refractivity contribution in [3.63, 3.8) is 0 Å². The maximum Gasteiger partial charge on any atom is 0.289 e. The van der Waals surface area contributed by atoms with Crippen LogP contribution in [0.15, 0.2) is 35.0 Å². The average molecular weight is 521 g/mol. The Morgan fingerprint density at radius 1 is 1.14 bits per heavy atom. The fraction of sp³-hybridized carbons (Fsp3) is 0.375. The quantitative estimate of drug-likeness (QED) is 0.433. The number of rotatable bonds is 8. The van der Waals surface area contributed by atoms with E-state index in [1.165, 1.54) is 19.5 Å². The zero-order valence-electron chi connectivity index (χ0n) is 19.2. The fourth-order valence-corrected chi connectivity index (χ4v) is 4.51. The summed E-state index contributed by atoms with van der Waals surface area (Å²) in [6.45, 7) is 3.73. The predicted octanol–water partition coefficient (Wildman–Crippen LogP) is 3.93. The van der Waals surface area contributed by atoms with Gasteiger partial charge in [-0.05, 0) is 37.6 Å². The van der Waals surface area contributed by atoms with Crippen molar-refractivity contribution in [2.45, 2.75) is 12.8 Å². The van der Waals surface area contributed by atoms with Crippen LogP contribution in [-0.4, -0.2) is 78.1 Å². The molecule has 1 fully saturated rings. The van der Waals surface area contributed by atoms with E-state index in [1.807, 2.05) is 0 Å². The summed E-state index contributed by atoms with van der Waals surface area (Å²) in [6.07, 6.45) is 4.46. The zero-order valence-corrected chi connectivity index (χ0v) is 20.7. The van der Waals surface area contributed by atoms with Gasteiger partial charge in [0.15, 0.2) is 17.1 Å². The average Bonchev–Trinajstić information content (AvgIpc) is 3.31. The number of aliphatic hydroxyl groups excluding tert-OH is 1. The lowest BCUT2D eigenvalue weighted by atomic mass is 10.1. The van der Waals surface area contributed by atoms with Gasteiger partial charge in [-0.1, -0.05) is 23.2 Å². The number of hydrogen-bond donors (Lipinski definition) is 2. The van der Waals surface area contributed by atoms with Crippen LogP contribution in [-0.2, 0) is 0 Å². The number of benzene rings is 1. The lowest BCUT2D eigenvalue weighted by Crippen LogP contribution is -2.48. The Hall–Kier alpha value is -2.85. The van der Waals surface area contributed by atoms with Gasteiger partial charge >= 0.3 is 0 Å². The van der Waals surface area contributed by atoms with E-state index in [0.29, 0.717) is 29.8 Å². The highest BCUT2D eigenvalue weighted by molar-refractivity contribution is 6.39. The Balaban J connectivity index is 1.56. The Morgan fingerprint density at radius 2 is 1.86 bits per heavy atom. The lowest BCUT2D eigenvalue weighted by Gasteiger charge is -2.34. The number of nitrogens with one attached hydrogen (secondary N) is 1. The molecule has 0 aliphatic carbocycles. The number of carbonyl (C=O) groups excluding carboxylic acids is 2. The first-order chi connectivity index (χ1) is 16.9. The minimum absolute atomic E-state index is 0.132. The van der Waals surface area contributed by atoms with Gasteiger partial charge in [-0.3, -0.25) is 19.5 Å². The molecule has 186 valence electrons. The zero-order chi connectivity index (χ0) is 24.9. The van der Waals surface area contributed by atoms with Crippen molar-refractivity contribution in [1.29, 1.82) is 0 Å². The molecular weight excluding hydrogens is 495 g/mol. The summed E-state index contributed by atoms with van der Waals surface area (Å²) in [6, 6.07) is 4.77. The Bertz CT molecular complexity index is 1200. The number of halogens is 2. The summed E-state index contributed by atoms with van der Waals surface area (Å²) in [4.78, 5) is 34.2. The number of fused-ring (bicyclic) bond motifs is 1. The van der Waals surface area contributed by atoms with Gasteiger partial charge in [0.05, 0.1) is 28.4 Å². The molecule has 2 amide bonds. The third-order valence-corrected chi connectivity index (χ3v) is 6.53. The summed E-state index contributed by atoms with van der Waals surface area (Å²) >= 11 is 12.3. The number of aromatic nitrogens is 1. The number of anilines is 1. The maximum absolute atomic E-state index is 13.2. The molecule has 0 radical (unpaired) electrons. The number of hydrogen-bond acceptors (Lipinski definition) is 7. The van der Waals surface area contributed by atoms with Gasteiger partial charge in [-0.25, -0.2) is 0 Å². The molecule has 1 saturated heterocycles. The molecule has 3 heterocycles. The number of piperazine rings is 1. The summed E-state index contributed by atoms with van der Waals surface area (Å²) in [7, 11) is 1.49. The molecule has 11 heteroatoms. The molecule has 0 spiro atoms. The molecule has 0 saturated carbocycles. The summed E-state index contributed by atoms with van der Waals surface area (Å²) in [5, 5.41) is 12.5. The van der Waals surface area contributed by atoms with Gasteiger partial charge in [0.25, 0.3) is 11.8 Å². The number of methoxy groups -OCH3 is 1. The Morgan fingerprint density at radius 3 is 2.51 bits per heavy atom. The van der Waals surface area contributed by atoms with Crippen molar-refractivity contribution in [2.75, 3.05) is 51.8 Å². The van der Waals surface area contributed by atoms with E-state index in [0.717, 1.165) is 32.5 Å². The van der Waals surface area contributed by atoms with Crippen LogP contribution in [0.3, 0.4) is 0 Å². The molecular formula is C24H26Cl2N4O5. The van der Waals surface area contributed by atoms with Gasteiger partial charge in [-0.2, -0.15) is 0 Å². The van der Waals surface area contributed by atoms with E-state index >= 15 is 0 Å². The van der Waals surface area contributed by atoms with E-state index < -0.39 is 5.91 Å². The second kappa shape index (κ2) is 11.3. The minimum atomic E-state index is -0.469. The maximum atomic E-state index is 13.2. The normalized spacial score (nSPS) is 14.3. The highest BCUT2D eigenvalue weighted by atomic mass is 35.5. The second-order valence-corrected chi connectivity index (χ2v) is 8.98. The molecule has 0 unspecified atom stereocenters. The SMILES string of the molecule is COc1ccc(C(=O)Nc2c(Cl)cncc2Cl)c2cc(C(=O)N3CCN(CCCCO)CC3)oc12. The Kier molecular flexibility index (Phi) is 8.12. The predicted molar refractivity (Wildman–Crippen MR) is 134 cm³/mol. The van der Waals surface area contributed by atoms with Crippen LogP contribution in [0.5, 0.6) is 5.75 Å². The van der Waals surface area contributed by atoms with Gasteiger partial charge in [0, 0.05) is 50.6 Å². The van der Waals surface area contributed by atoms with Crippen molar-refractivity contribution < 1.29 is 23.8 Å². The number of aliphatic hydroxyl groups is 1. The van der Waals surface area contributed by atoms with Crippen LogP contribution in [0.4, 0.5) is 5.69 Å². The highest BCUT2D eigenvalue weighted by Crippen LogP contribution is 2.34. The van der Waals surface area contributed by atoms with E-state index in [4.69, 9.17) is 37.5 Å². The van der Waals surface area contributed by atoms with Crippen LogP contribution in [0.2, 0.25) is 10.0 Å². The summed E-state index contributed by atoms with van der Waals surface area (Å²) in [5.74, 6) is -0.176. The van der Waals surface area contributed by atoms with Crippen LogP contribution in [0.25, 0.3) is 11.0 Å². The molecule has 4 rings (SSSR count). The monoisotopic (exact) mass is 520 g/mol. The number of ether oxygens (including phenoxy) is 1. The molecule has 0 bridgehead atoms. The molecule has 0 atom stereocenters. The summed E-state index contributed by atoms with van der Waals surface area (Å²) in [5.41, 5.74) is 0.827. The van der Waals surface area contributed by atoms with Crippen molar-refractivity contribution in [3.05, 3.63) is 52.0 Å². The van der Waals surface area contributed by atoms with Crippen LogP contribution in [0.1, 0.15) is 33.8 Å². The topological polar surface area (TPSA) is 108 Å². The second-order valence-electron chi connectivity index (χ2n) is 8.17. The third-order valence-electron chi connectivity index (χ3n) is 5.96. The third kappa shape index (κ3) is 5.54. The Labute approximate surface area is 212 Å². The number of unbranched alkanes of at least 4 members (excludes halogenated alkanes) is 1. The van der Waals surface area contributed by atoms with E-state index in [9.17, 15) is 9.59 Å². The molecule has 2 aromatic heterocycles. The van der Waals surface area contributed by atoms with Crippen LogP contribution in [0, 0.1) is 0 Å². The largest absolute Gasteiger partial charge is 0.493 e. The van der Waals surface area contributed by atoms with E-state index in [1.54, 1.807) is 23.1 Å². The van der Waals surface area contributed by atoms with E-state index in [-0.39, 0.29) is 39.6 Å². The smallest absolute Gasteiger partial charge is 0.289 e. The molecule has 9 nitrogen and oxygen atoms in total. The van der Waals surface area contributed by atoms with Gasteiger partial charge in [0.1, 0.15) is 0 Å². The van der Waals surface area contributed by atoms with Gasteiger partial charge in [0.2, 0.25) is 0 Å². The summed E-state index contributed by atoms with van der Waals surface area (Å²) < 4.78 is 11.3. The van der Waals surface area contributed by atoms with Crippen molar-refractivity contribution in [3.8, 4) is 5.75 Å². The van der Waals surface area contributed by atoms with Crippen LogP contribution >= 0.6 is 23.2 Å². The highest BCUT2D eigenvalue weighted by Gasteiger charge is 2.27. The van der Waals surface area contributed by atoms with Crippen LogP contribution < -0.4 is 10.1 Å². The van der Waals surface area contributed by atoms with Crippen molar-refractivity contribution in [1.82, 2.24) is 14.8 Å². The number of furan rings is 1. The number of amides is 2. The van der Waals surface area contributed by atoms with Crippen molar-refractivity contribution >= 4 is 51.7 Å². The first-order valence-corrected chi connectivity index (χ1v) is 12.0. The molecule has 1 aromatic carbocycles. The minimum Gasteiger partial charge on any atom is -0.493 e. The molecule has 1 aliphatic heterocycles. The molecule has 1 aliphatic rings. The van der Waals surface area contributed by atoms with Crippen molar-refractivity contribution in [2.24, 2.45) is 0 Å². The standard InChI is InChI=1S/C24H26Cl2N4O5/c1-34-19-5-4-15(23(32)28-21-17(25)13-27-14-18(21)26)16-12-20(35-22(16)19)24(33)30-9-7-29(8-10-30)6-2-3-11-31/h4-5,12-14,31H,2-3,6-11H2,1H3,(H,27,28,32). The molecule has 35 heavy (non-hydrogen) atoms. The van der Waals surface area contributed by atoms with Gasteiger partial charge < -0.3 is 24.5 Å². The fourth-order valence-electron chi connectivity index (χ4n) is 4.05. The van der Waals surface area contributed by atoms with E-state index in [2.05, 4.69) is 15.2 Å². The molecule has 2 N–H and O–H groups in total. The first-order valence-electron chi connectivity index (χ1n) is 11.3. The number of nitrogens with zero attached hydrogens (tertiary/aromatic N) is 3.